The molecule has 1 aliphatic heterocycles. The molecule has 1 aliphatic rings. The van der Waals surface area contributed by atoms with Crippen LogP contribution in [0, 0.1) is 5.82 Å². The van der Waals surface area contributed by atoms with Gasteiger partial charge in [0.1, 0.15) is 18.1 Å². The Morgan fingerprint density at radius 1 is 1.25 bits per heavy atom. The number of benzene rings is 2. The quantitative estimate of drug-likeness (QED) is 0.939. The fraction of sp³-hybridized carbons (Fsp3) is 0.222. The zero-order chi connectivity index (χ0) is 17.1. The number of ether oxygens (including phenoxy) is 1. The Bertz CT molecular complexity index is 761. The normalized spacial score (nSPS) is 14.6. The Morgan fingerprint density at radius 3 is 2.67 bits per heavy atom. The number of amides is 2. The highest BCUT2D eigenvalue weighted by atomic mass is 19.1. The molecule has 2 aromatic rings. The van der Waals surface area contributed by atoms with Gasteiger partial charge in [-0.15, -0.1) is 0 Å². The predicted octanol–water partition coefficient (Wildman–Crippen LogP) is 2.97. The Labute approximate surface area is 139 Å². The number of nitrogens with one attached hydrogen (secondary N) is 1. The summed E-state index contributed by atoms with van der Waals surface area (Å²) in [5.41, 5.74) is 1.24. The summed E-state index contributed by atoms with van der Waals surface area (Å²) in [5, 5.41) is 2.74. The topological polar surface area (TPSA) is 58.6 Å². The van der Waals surface area contributed by atoms with Gasteiger partial charge in [0.2, 0.25) is 5.91 Å². The number of carbonyl (C=O) groups excluding carboxylic acids is 2. The molecule has 1 N–H and O–H groups in total. The third kappa shape index (κ3) is 3.22. The number of nitrogens with zero attached hydrogens (tertiary/aromatic N) is 1. The van der Waals surface area contributed by atoms with E-state index in [1.54, 1.807) is 24.3 Å². The molecule has 0 aromatic heterocycles. The van der Waals surface area contributed by atoms with E-state index in [4.69, 9.17) is 4.74 Å². The highest BCUT2D eigenvalue weighted by Gasteiger charge is 2.31. The molecule has 6 heteroatoms. The van der Waals surface area contributed by atoms with Crippen LogP contribution in [0.2, 0.25) is 0 Å². The minimum atomic E-state index is -0.755. The monoisotopic (exact) mass is 328 g/mol. The van der Waals surface area contributed by atoms with Crippen LogP contribution in [0.3, 0.4) is 0 Å². The third-order valence-corrected chi connectivity index (χ3v) is 3.77. The number of hydrogen-bond acceptors (Lipinski definition) is 3. The van der Waals surface area contributed by atoms with E-state index in [9.17, 15) is 14.0 Å². The lowest BCUT2D eigenvalue weighted by Crippen LogP contribution is -2.48. The van der Waals surface area contributed by atoms with Crippen molar-refractivity contribution in [3.05, 3.63) is 54.3 Å². The number of para-hydroxylation sites is 2. The van der Waals surface area contributed by atoms with Crippen molar-refractivity contribution in [2.45, 2.75) is 19.4 Å². The smallest absolute Gasteiger partial charge is 0.268 e. The number of halogens is 1. The molecule has 2 amide bonds. The summed E-state index contributed by atoms with van der Waals surface area (Å²) in [6.07, 6.45) is -0.328. The van der Waals surface area contributed by atoms with Crippen LogP contribution in [-0.4, -0.2) is 24.5 Å². The second-order valence-corrected chi connectivity index (χ2v) is 5.46. The molecule has 0 saturated heterocycles. The number of rotatable bonds is 4. The third-order valence-electron chi connectivity index (χ3n) is 3.77. The van der Waals surface area contributed by atoms with Gasteiger partial charge in [0.25, 0.3) is 5.91 Å². The first-order valence-corrected chi connectivity index (χ1v) is 7.71. The van der Waals surface area contributed by atoms with E-state index in [1.807, 2.05) is 6.92 Å². The van der Waals surface area contributed by atoms with Crippen molar-refractivity contribution < 1.29 is 18.7 Å². The molecule has 1 atom stereocenters. The minimum absolute atomic E-state index is 0.0564. The van der Waals surface area contributed by atoms with Crippen molar-refractivity contribution in [3.63, 3.8) is 0 Å². The molecule has 24 heavy (non-hydrogen) atoms. The van der Waals surface area contributed by atoms with Gasteiger partial charge in [-0.2, -0.15) is 0 Å². The molecular weight excluding hydrogens is 311 g/mol. The van der Waals surface area contributed by atoms with Crippen LogP contribution in [0.5, 0.6) is 5.75 Å². The van der Waals surface area contributed by atoms with E-state index in [2.05, 4.69) is 5.32 Å². The van der Waals surface area contributed by atoms with Crippen molar-refractivity contribution in [1.29, 1.82) is 0 Å². The zero-order valence-electron chi connectivity index (χ0n) is 13.2. The molecule has 0 spiro atoms. The maximum Gasteiger partial charge on any atom is 0.268 e. The van der Waals surface area contributed by atoms with E-state index >= 15 is 0 Å². The average Bonchev–Trinajstić information content (AvgIpc) is 2.60. The first-order valence-electron chi connectivity index (χ1n) is 7.71. The standard InChI is InChI=1S/C18H17FN2O3/c1-2-16(24-13-9-7-12(19)8-10-13)18(23)21-11-17(22)20-14-5-3-4-6-15(14)21/h3-10,16H,2,11H2,1H3,(H,20,22)/t16-/m0/s1. The van der Waals surface area contributed by atoms with Crippen LogP contribution in [-0.2, 0) is 9.59 Å². The van der Waals surface area contributed by atoms with Crippen LogP contribution in [0.4, 0.5) is 15.8 Å². The van der Waals surface area contributed by atoms with Gasteiger partial charge >= 0.3 is 0 Å². The molecule has 0 fully saturated rings. The maximum absolute atomic E-state index is 13.0. The molecule has 1 heterocycles. The van der Waals surface area contributed by atoms with Gasteiger partial charge in [-0.05, 0) is 42.8 Å². The van der Waals surface area contributed by atoms with Gasteiger partial charge in [0.15, 0.2) is 6.10 Å². The van der Waals surface area contributed by atoms with Crippen LogP contribution in [0.1, 0.15) is 13.3 Å². The van der Waals surface area contributed by atoms with Gasteiger partial charge in [0, 0.05) is 0 Å². The van der Waals surface area contributed by atoms with E-state index in [0.717, 1.165) is 0 Å². The fourth-order valence-electron chi connectivity index (χ4n) is 2.59. The van der Waals surface area contributed by atoms with Gasteiger partial charge in [-0.25, -0.2) is 4.39 Å². The minimum Gasteiger partial charge on any atom is -0.481 e. The van der Waals surface area contributed by atoms with Crippen molar-refractivity contribution in [2.75, 3.05) is 16.8 Å². The first-order chi connectivity index (χ1) is 11.6. The maximum atomic E-state index is 13.0. The number of hydrogen-bond donors (Lipinski definition) is 1. The summed E-state index contributed by atoms with van der Waals surface area (Å²) >= 11 is 0. The largest absolute Gasteiger partial charge is 0.481 e. The second-order valence-electron chi connectivity index (χ2n) is 5.46. The SMILES string of the molecule is CC[C@H](Oc1ccc(F)cc1)C(=O)N1CC(=O)Nc2ccccc21. The van der Waals surface area contributed by atoms with Gasteiger partial charge < -0.3 is 10.1 Å². The van der Waals surface area contributed by atoms with Crippen LogP contribution >= 0.6 is 0 Å². The number of fused-ring (bicyclic) bond motifs is 1. The molecule has 0 radical (unpaired) electrons. The summed E-state index contributed by atoms with van der Waals surface area (Å²) in [7, 11) is 0. The molecule has 0 unspecified atom stereocenters. The van der Waals surface area contributed by atoms with Crippen molar-refractivity contribution in [2.24, 2.45) is 0 Å². The zero-order valence-corrected chi connectivity index (χ0v) is 13.2. The lowest BCUT2D eigenvalue weighted by atomic mass is 10.1. The van der Waals surface area contributed by atoms with Gasteiger partial charge in [-0.3, -0.25) is 14.5 Å². The Balaban J connectivity index is 1.83. The molecule has 2 aromatic carbocycles. The van der Waals surface area contributed by atoms with Crippen molar-refractivity contribution in [1.82, 2.24) is 0 Å². The van der Waals surface area contributed by atoms with E-state index < -0.39 is 6.10 Å². The molecular formula is C18H17FN2O3. The molecule has 0 saturated carbocycles. The lowest BCUT2D eigenvalue weighted by molar-refractivity contribution is -0.127. The molecule has 0 aliphatic carbocycles. The van der Waals surface area contributed by atoms with Crippen LogP contribution in [0.15, 0.2) is 48.5 Å². The van der Waals surface area contributed by atoms with Crippen LogP contribution in [0.25, 0.3) is 0 Å². The van der Waals surface area contributed by atoms with Crippen LogP contribution < -0.4 is 15.0 Å². The lowest BCUT2D eigenvalue weighted by Gasteiger charge is -2.31. The highest BCUT2D eigenvalue weighted by Crippen LogP contribution is 2.30. The second kappa shape index (κ2) is 6.70. The number of carbonyl (C=O) groups is 2. The summed E-state index contributed by atoms with van der Waals surface area (Å²) in [5.74, 6) is -0.516. The molecule has 0 bridgehead atoms. The summed E-state index contributed by atoms with van der Waals surface area (Å²) in [6.45, 7) is 1.77. The molecule has 124 valence electrons. The van der Waals surface area contributed by atoms with Crippen molar-refractivity contribution >= 4 is 23.2 Å². The average molecular weight is 328 g/mol. The van der Waals surface area contributed by atoms with Gasteiger partial charge in [0.05, 0.1) is 11.4 Å². The Kier molecular flexibility index (Phi) is 4.46. The molecule has 5 nitrogen and oxygen atoms in total. The fourth-order valence-corrected chi connectivity index (χ4v) is 2.59. The van der Waals surface area contributed by atoms with Crippen molar-refractivity contribution in [3.8, 4) is 5.75 Å². The number of anilines is 2. The summed E-state index contributed by atoms with van der Waals surface area (Å²) < 4.78 is 18.7. The van der Waals surface area contributed by atoms with E-state index in [-0.39, 0.29) is 24.2 Å². The Hall–Kier alpha value is -2.89. The Morgan fingerprint density at radius 2 is 1.96 bits per heavy atom. The summed E-state index contributed by atoms with van der Waals surface area (Å²) in [6, 6.07) is 12.6. The first kappa shape index (κ1) is 16.0. The van der Waals surface area contributed by atoms with Gasteiger partial charge in [-0.1, -0.05) is 19.1 Å². The van der Waals surface area contributed by atoms with E-state index in [1.165, 1.54) is 29.2 Å². The summed E-state index contributed by atoms with van der Waals surface area (Å²) in [4.78, 5) is 26.1. The predicted molar refractivity (Wildman–Crippen MR) is 88.5 cm³/mol. The highest BCUT2D eigenvalue weighted by molar-refractivity contribution is 6.11. The molecule has 3 rings (SSSR count). The van der Waals surface area contributed by atoms with E-state index in [0.29, 0.717) is 23.5 Å².